The van der Waals surface area contributed by atoms with Crippen molar-refractivity contribution in [3.63, 3.8) is 0 Å². The van der Waals surface area contributed by atoms with Gasteiger partial charge in [-0.2, -0.15) is 0 Å². The highest BCUT2D eigenvalue weighted by Crippen LogP contribution is 2.10. The van der Waals surface area contributed by atoms with E-state index in [9.17, 15) is 4.79 Å². The highest BCUT2D eigenvalue weighted by atomic mass is 16.2. The van der Waals surface area contributed by atoms with E-state index in [1.807, 2.05) is 23.1 Å². The summed E-state index contributed by atoms with van der Waals surface area (Å²) in [5, 5.41) is 0. The zero-order chi connectivity index (χ0) is 15.3. The van der Waals surface area contributed by atoms with Crippen molar-refractivity contribution in [3.05, 3.63) is 35.9 Å². The number of hydrogen-bond acceptors (Lipinski definition) is 2. The molecule has 1 amide bonds. The van der Waals surface area contributed by atoms with Crippen LogP contribution in [0.15, 0.2) is 30.3 Å². The molecule has 3 heteroatoms. The first-order valence-electron chi connectivity index (χ1n) is 8.29. The Morgan fingerprint density at radius 3 is 2.43 bits per heavy atom. The van der Waals surface area contributed by atoms with Crippen molar-refractivity contribution in [2.24, 2.45) is 5.73 Å². The van der Waals surface area contributed by atoms with Crippen LogP contribution < -0.4 is 5.73 Å². The van der Waals surface area contributed by atoms with Crippen LogP contribution in [-0.4, -0.2) is 23.9 Å². The molecule has 0 aliphatic carbocycles. The quantitative estimate of drug-likeness (QED) is 0.631. The largest absolute Gasteiger partial charge is 0.338 e. The number of benzene rings is 1. The van der Waals surface area contributed by atoms with Crippen molar-refractivity contribution >= 4 is 5.91 Å². The summed E-state index contributed by atoms with van der Waals surface area (Å²) in [4.78, 5) is 14.3. The topological polar surface area (TPSA) is 46.3 Å². The van der Waals surface area contributed by atoms with Gasteiger partial charge in [0.25, 0.3) is 0 Å². The van der Waals surface area contributed by atoms with Crippen LogP contribution in [0.5, 0.6) is 0 Å². The predicted molar refractivity (Wildman–Crippen MR) is 88.9 cm³/mol. The van der Waals surface area contributed by atoms with Gasteiger partial charge in [-0.3, -0.25) is 4.79 Å². The fourth-order valence-corrected chi connectivity index (χ4v) is 2.42. The fraction of sp³-hybridized carbons (Fsp3) is 0.611. The Bertz CT molecular complexity index is 378. The second-order valence-corrected chi connectivity index (χ2v) is 5.61. The first kappa shape index (κ1) is 17.7. The Labute approximate surface area is 129 Å². The molecule has 0 fully saturated rings. The van der Waals surface area contributed by atoms with E-state index < -0.39 is 0 Å². The molecule has 0 spiro atoms. The van der Waals surface area contributed by atoms with E-state index in [4.69, 9.17) is 5.73 Å². The lowest BCUT2D eigenvalue weighted by molar-refractivity contribution is -0.132. The second-order valence-electron chi connectivity index (χ2n) is 5.61. The Balaban J connectivity index is 2.42. The van der Waals surface area contributed by atoms with Gasteiger partial charge >= 0.3 is 0 Å². The Morgan fingerprint density at radius 2 is 1.76 bits per heavy atom. The lowest BCUT2D eigenvalue weighted by Crippen LogP contribution is -2.32. The molecule has 3 nitrogen and oxygen atoms in total. The first-order chi connectivity index (χ1) is 10.3. The molecule has 0 heterocycles. The predicted octanol–water partition coefficient (Wildman–Crippen LogP) is 3.72. The molecule has 0 atom stereocenters. The van der Waals surface area contributed by atoms with Crippen molar-refractivity contribution in [2.75, 3.05) is 13.1 Å². The molecule has 0 unspecified atom stereocenters. The summed E-state index contributed by atoms with van der Waals surface area (Å²) < 4.78 is 0. The fourth-order valence-electron chi connectivity index (χ4n) is 2.42. The molecule has 0 saturated heterocycles. The second kappa shape index (κ2) is 11.3. The molecular weight excluding hydrogens is 260 g/mol. The normalized spacial score (nSPS) is 10.6. The van der Waals surface area contributed by atoms with E-state index in [1.165, 1.54) is 24.8 Å². The average Bonchev–Trinajstić information content (AvgIpc) is 2.52. The monoisotopic (exact) mass is 290 g/mol. The summed E-state index contributed by atoms with van der Waals surface area (Å²) >= 11 is 0. The van der Waals surface area contributed by atoms with Gasteiger partial charge in [0.05, 0.1) is 0 Å². The van der Waals surface area contributed by atoms with Crippen molar-refractivity contribution in [2.45, 2.75) is 58.4 Å². The van der Waals surface area contributed by atoms with Crippen LogP contribution in [-0.2, 0) is 11.3 Å². The third-order valence-corrected chi connectivity index (χ3v) is 3.70. The molecule has 1 aromatic carbocycles. The molecule has 1 rings (SSSR count). The van der Waals surface area contributed by atoms with E-state index in [2.05, 4.69) is 19.1 Å². The summed E-state index contributed by atoms with van der Waals surface area (Å²) in [6.07, 6.45) is 7.46. The Morgan fingerprint density at radius 1 is 1.05 bits per heavy atom. The summed E-state index contributed by atoms with van der Waals surface area (Å²) in [6.45, 7) is 4.31. The van der Waals surface area contributed by atoms with E-state index >= 15 is 0 Å². The zero-order valence-corrected chi connectivity index (χ0v) is 13.4. The zero-order valence-electron chi connectivity index (χ0n) is 13.4. The summed E-state index contributed by atoms with van der Waals surface area (Å²) in [5.74, 6) is 0.267. The summed E-state index contributed by atoms with van der Waals surface area (Å²) in [5.41, 5.74) is 6.78. The van der Waals surface area contributed by atoms with E-state index in [-0.39, 0.29) is 5.91 Å². The van der Waals surface area contributed by atoms with Gasteiger partial charge in [-0.25, -0.2) is 0 Å². The van der Waals surface area contributed by atoms with Crippen LogP contribution >= 0.6 is 0 Å². The third kappa shape index (κ3) is 7.86. The van der Waals surface area contributed by atoms with E-state index in [0.29, 0.717) is 19.5 Å². The molecular formula is C18H30N2O. The Hall–Kier alpha value is -1.35. The van der Waals surface area contributed by atoms with E-state index in [0.717, 1.165) is 25.8 Å². The standard InChI is InChI=1S/C18H30N2O/c1-2-3-4-5-9-13-18(21)20(15-10-14-19)16-17-11-7-6-8-12-17/h6-8,11-12H,2-5,9-10,13-16,19H2,1H3. The maximum atomic E-state index is 12.4. The number of unbranched alkanes of at least 4 members (excludes halogenated alkanes) is 4. The molecule has 0 aliphatic rings. The molecule has 118 valence electrons. The average molecular weight is 290 g/mol. The third-order valence-electron chi connectivity index (χ3n) is 3.70. The van der Waals surface area contributed by atoms with Crippen molar-refractivity contribution in [3.8, 4) is 0 Å². The molecule has 0 aliphatic heterocycles. The molecule has 0 bridgehead atoms. The van der Waals surface area contributed by atoms with Crippen LogP contribution in [0.1, 0.15) is 57.4 Å². The first-order valence-corrected chi connectivity index (χ1v) is 8.29. The molecule has 0 aromatic heterocycles. The Kier molecular flexibility index (Phi) is 9.55. The van der Waals surface area contributed by atoms with Crippen LogP contribution in [0.4, 0.5) is 0 Å². The number of carbonyl (C=O) groups excluding carboxylic acids is 1. The number of rotatable bonds is 11. The number of nitrogens with two attached hydrogens (primary N) is 1. The van der Waals surface area contributed by atoms with Crippen molar-refractivity contribution < 1.29 is 4.79 Å². The van der Waals surface area contributed by atoms with E-state index in [1.54, 1.807) is 0 Å². The lowest BCUT2D eigenvalue weighted by Gasteiger charge is -2.23. The number of hydrogen-bond donors (Lipinski definition) is 1. The maximum Gasteiger partial charge on any atom is 0.222 e. The molecule has 21 heavy (non-hydrogen) atoms. The van der Waals surface area contributed by atoms with Crippen molar-refractivity contribution in [1.82, 2.24) is 4.90 Å². The minimum Gasteiger partial charge on any atom is -0.338 e. The number of carbonyl (C=O) groups is 1. The lowest BCUT2D eigenvalue weighted by atomic mass is 10.1. The maximum absolute atomic E-state index is 12.4. The van der Waals surface area contributed by atoms with Gasteiger partial charge in [0.2, 0.25) is 5.91 Å². The molecule has 2 N–H and O–H groups in total. The minimum absolute atomic E-state index is 0.267. The van der Waals surface area contributed by atoms with Gasteiger partial charge in [0.15, 0.2) is 0 Å². The molecule has 0 radical (unpaired) electrons. The van der Waals surface area contributed by atoms with Gasteiger partial charge < -0.3 is 10.6 Å². The van der Waals surface area contributed by atoms with Crippen LogP contribution in [0.2, 0.25) is 0 Å². The number of amides is 1. The highest BCUT2D eigenvalue weighted by Gasteiger charge is 2.13. The highest BCUT2D eigenvalue weighted by molar-refractivity contribution is 5.76. The smallest absolute Gasteiger partial charge is 0.222 e. The molecule has 0 saturated carbocycles. The van der Waals surface area contributed by atoms with Gasteiger partial charge in [0.1, 0.15) is 0 Å². The summed E-state index contributed by atoms with van der Waals surface area (Å²) in [6, 6.07) is 10.2. The van der Waals surface area contributed by atoms with Crippen LogP contribution in [0, 0.1) is 0 Å². The number of nitrogens with zero attached hydrogens (tertiary/aromatic N) is 1. The van der Waals surface area contributed by atoms with Gasteiger partial charge in [-0.1, -0.05) is 62.9 Å². The molecule has 1 aromatic rings. The van der Waals surface area contributed by atoms with Crippen LogP contribution in [0.25, 0.3) is 0 Å². The van der Waals surface area contributed by atoms with Gasteiger partial charge in [-0.15, -0.1) is 0 Å². The SMILES string of the molecule is CCCCCCCC(=O)N(CCCN)Cc1ccccc1. The van der Waals surface area contributed by atoms with Crippen LogP contribution in [0.3, 0.4) is 0 Å². The summed E-state index contributed by atoms with van der Waals surface area (Å²) in [7, 11) is 0. The van der Waals surface area contributed by atoms with Gasteiger partial charge in [-0.05, 0) is 24.9 Å². The van der Waals surface area contributed by atoms with Crippen molar-refractivity contribution in [1.29, 1.82) is 0 Å². The van der Waals surface area contributed by atoms with Gasteiger partial charge in [0, 0.05) is 19.5 Å². The minimum atomic E-state index is 0.267.